The van der Waals surface area contributed by atoms with Gasteiger partial charge >= 0.3 is 0 Å². The standard InChI is InChI=1S/C28H32O15/c1-37-13-5-3-12(4-6-13)14-9-39-15-7-16(23(38-2)21(33)18(15)19(14)31)41-26-24(22(34)20(32)17(8-29)42-26)43-27-25(35)28(36,10-30)11-40-27/h3-7,9,17,20,22,24-27,29-30,32-36H,8,10-11H2,1-2H3/t17-,20+,22+,24-,25-,26-,27+,28+/m1/s1. The highest BCUT2D eigenvalue weighted by atomic mass is 16.8. The van der Waals surface area contributed by atoms with E-state index in [0.29, 0.717) is 11.3 Å². The van der Waals surface area contributed by atoms with Crippen molar-refractivity contribution in [3.8, 4) is 34.1 Å². The first-order chi connectivity index (χ1) is 20.6. The Morgan fingerprint density at radius 3 is 2.35 bits per heavy atom. The van der Waals surface area contributed by atoms with Gasteiger partial charge in [-0.3, -0.25) is 4.79 Å². The van der Waals surface area contributed by atoms with Crippen molar-refractivity contribution >= 4 is 11.0 Å². The minimum atomic E-state index is -2.05. The molecule has 3 aromatic rings. The van der Waals surface area contributed by atoms with Crippen LogP contribution in [0.3, 0.4) is 0 Å². The minimum absolute atomic E-state index is 0.106. The molecule has 2 aliphatic heterocycles. The summed E-state index contributed by atoms with van der Waals surface area (Å²) < 4.78 is 38.6. The molecule has 2 aliphatic rings. The Bertz CT molecular complexity index is 1490. The fourth-order valence-electron chi connectivity index (χ4n) is 4.97. The molecule has 234 valence electrons. The van der Waals surface area contributed by atoms with E-state index in [1.165, 1.54) is 26.5 Å². The molecule has 1 aromatic heterocycles. The molecule has 0 unspecified atom stereocenters. The number of hydrogen-bond acceptors (Lipinski definition) is 15. The van der Waals surface area contributed by atoms with Crippen molar-refractivity contribution < 1.29 is 68.6 Å². The predicted molar refractivity (Wildman–Crippen MR) is 144 cm³/mol. The second kappa shape index (κ2) is 12.2. The molecule has 0 spiro atoms. The lowest BCUT2D eigenvalue weighted by Crippen LogP contribution is -2.62. The lowest BCUT2D eigenvalue weighted by Gasteiger charge is -2.42. The van der Waals surface area contributed by atoms with Crippen LogP contribution in [0.1, 0.15) is 0 Å². The minimum Gasteiger partial charge on any atom is -0.504 e. The second-order valence-electron chi connectivity index (χ2n) is 10.1. The predicted octanol–water partition coefficient (Wildman–Crippen LogP) is -1.17. The number of methoxy groups -OCH3 is 2. The van der Waals surface area contributed by atoms with Gasteiger partial charge in [0.1, 0.15) is 53.0 Å². The highest BCUT2D eigenvalue weighted by molar-refractivity contribution is 5.91. The van der Waals surface area contributed by atoms with Crippen molar-refractivity contribution in [2.24, 2.45) is 0 Å². The summed E-state index contributed by atoms with van der Waals surface area (Å²) >= 11 is 0. The second-order valence-corrected chi connectivity index (χ2v) is 10.1. The molecule has 15 heteroatoms. The van der Waals surface area contributed by atoms with Gasteiger partial charge in [0.15, 0.2) is 23.9 Å². The molecular formula is C28H32O15. The molecule has 15 nitrogen and oxygen atoms in total. The summed E-state index contributed by atoms with van der Waals surface area (Å²) in [5.74, 6) is -0.616. The lowest BCUT2D eigenvalue weighted by atomic mass is 9.98. The summed E-state index contributed by atoms with van der Waals surface area (Å²) in [5.41, 5.74) is -2.09. The average molecular weight is 609 g/mol. The van der Waals surface area contributed by atoms with E-state index in [4.69, 9.17) is 32.8 Å². The third-order valence-corrected chi connectivity index (χ3v) is 7.50. The van der Waals surface area contributed by atoms with Crippen molar-refractivity contribution in [3.05, 3.63) is 46.8 Å². The third kappa shape index (κ3) is 5.50. The molecule has 3 heterocycles. The molecule has 0 radical (unpaired) electrons. The maximum Gasteiger partial charge on any atom is 0.229 e. The van der Waals surface area contributed by atoms with Crippen LogP contribution in [0.25, 0.3) is 22.1 Å². The maximum atomic E-state index is 13.4. The van der Waals surface area contributed by atoms with Gasteiger partial charge in [-0.05, 0) is 17.7 Å². The molecule has 0 amide bonds. The SMILES string of the molecule is COc1ccc(-c2coc3cc(O[C@@H]4O[C@H](CO)[C@H](O)[C@H](O)[C@H]4O[C@@H]4OC[C@@](O)(CO)[C@@H]4O)c(OC)c(O)c3c2=O)cc1. The number of hydrogen-bond donors (Lipinski definition) is 7. The average Bonchev–Trinajstić information content (AvgIpc) is 3.30. The van der Waals surface area contributed by atoms with Crippen LogP contribution in [0.15, 0.2) is 45.8 Å². The number of aromatic hydroxyl groups is 1. The van der Waals surface area contributed by atoms with Gasteiger partial charge in [-0.1, -0.05) is 12.1 Å². The summed E-state index contributed by atoms with van der Waals surface area (Å²) in [4.78, 5) is 13.4. The monoisotopic (exact) mass is 608 g/mol. The van der Waals surface area contributed by atoms with Crippen LogP contribution < -0.4 is 19.6 Å². The Labute approximate surface area is 243 Å². The fourth-order valence-corrected chi connectivity index (χ4v) is 4.97. The molecule has 0 bridgehead atoms. The Hall–Kier alpha value is -3.51. The lowest BCUT2D eigenvalue weighted by molar-refractivity contribution is -0.319. The molecule has 5 rings (SSSR count). The van der Waals surface area contributed by atoms with Crippen molar-refractivity contribution in [1.29, 1.82) is 0 Å². The zero-order chi connectivity index (χ0) is 31.1. The van der Waals surface area contributed by atoms with Crippen LogP contribution >= 0.6 is 0 Å². The molecule has 2 aromatic carbocycles. The molecule has 43 heavy (non-hydrogen) atoms. The Kier molecular flexibility index (Phi) is 8.80. The highest BCUT2D eigenvalue weighted by Gasteiger charge is 2.53. The molecule has 2 saturated heterocycles. The van der Waals surface area contributed by atoms with E-state index in [9.17, 15) is 40.5 Å². The van der Waals surface area contributed by atoms with Gasteiger partial charge in [-0.25, -0.2) is 0 Å². The Morgan fingerprint density at radius 1 is 1.02 bits per heavy atom. The molecule has 8 atom stereocenters. The Balaban J connectivity index is 1.51. The van der Waals surface area contributed by atoms with Gasteiger partial charge < -0.3 is 68.6 Å². The summed E-state index contributed by atoms with van der Waals surface area (Å²) in [7, 11) is 2.71. The van der Waals surface area contributed by atoms with Gasteiger partial charge in [0.2, 0.25) is 17.5 Å². The van der Waals surface area contributed by atoms with Gasteiger partial charge in [0, 0.05) is 6.07 Å². The third-order valence-electron chi connectivity index (χ3n) is 7.50. The van der Waals surface area contributed by atoms with Crippen molar-refractivity contribution in [1.82, 2.24) is 0 Å². The Morgan fingerprint density at radius 2 is 1.74 bits per heavy atom. The van der Waals surface area contributed by atoms with Crippen molar-refractivity contribution in [2.75, 3.05) is 34.0 Å². The zero-order valence-electron chi connectivity index (χ0n) is 23.0. The first kappa shape index (κ1) is 30.9. The number of ether oxygens (including phenoxy) is 6. The van der Waals surface area contributed by atoms with Crippen LogP contribution in [0.4, 0.5) is 0 Å². The van der Waals surface area contributed by atoms with Gasteiger partial charge in [-0.15, -0.1) is 0 Å². The molecule has 7 N–H and O–H groups in total. The van der Waals surface area contributed by atoms with Gasteiger partial charge in [-0.2, -0.15) is 0 Å². The summed E-state index contributed by atoms with van der Waals surface area (Å²) in [6, 6.07) is 7.83. The molecule has 0 aliphatic carbocycles. The van der Waals surface area contributed by atoms with Crippen LogP contribution in [-0.4, -0.2) is 118 Å². The van der Waals surface area contributed by atoms with E-state index in [-0.39, 0.29) is 28.0 Å². The zero-order valence-corrected chi connectivity index (χ0v) is 23.0. The largest absolute Gasteiger partial charge is 0.504 e. The van der Waals surface area contributed by atoms with E-state index < -0.39 is 79.7 Å². The first-order valence-electron chi connectivity index (χ1n) is 13.1. The number of aliphatic hydroxyl groups excluding tert-OH is 5. The summed E-state index contributed by atoms with van der Waals surface area (Å²) in [6.07, 6.45) is -10.2. The topological polar surface area (TPSA) is 227 Å². The number of aliphatic hydroxyl groups is 6. The number of phenolic OH excluding ortho intramolecular Hbond substituents is 1. The van der Waals surface area contributed by atoms with Crippen molar-refractivity contribution in [2.45, 2.75) is 48.7 Å². The normalized spacial score (nSPS) is 30.8. The van der Waals surface area contributed by atoms with Crippen LogP contribution in [0.5, 0.6) is 23.0 Å². The van der Waals surface area contributed by atoms with Crippen LogP contribution in [0, 0.1) is 0 Å². The van der Waals surface area contributed by atoms with Crippen LogP contribution in [-0.2, 0) is 14.2 Å². The van der Waals surface area contributed by atoms with E-state index in [1.54, 1.807) is 24.3 Å². The van der Waals surface area contributed by atoms with E-state index >= 15 is 0 Å². The van der Waals surface area contributed by atoms with Crippen molar-refractivity contribution in [3.63, 3.8) is 0 Å². The highest BCUT2D eigenvalue weighted by Crippen LogP contribution is 2.44. The summed E-state index contributed by atoms with van der Waals surface area (Å²) in [5, 5.41) is 72.1. The summed E-state index contributed by atoms with van der Waals surface area (Å²) in [6.45, 7) is -2.09. The maximum absolute atomic E-state index is 13.4. The number of benzene rings is 2. The number of fused-ring (bicyclic) bond motifs is 1. The quantitative estimate of drug-likeness (QED) is 0.152. The van der Waals surface area contributed by atoms with Gasteiger partial charge in [0.25, 0.3) is 0 Å². The molecule has 2 fully saturated rings. The fraction of sp³-hybridized carbons (Fsp3) is 0.464. The van der Waals surface area contributed by atoms with E-state index in [0.717, 1.165) is 0 Å². The smallest absolute Gasteiger partial charge is 0.229 e. The van der Waals surface area contributed by atoms with E-state index in [1.807, 2.05) is 0 Å². The number of rotatable bonds is 9. The van der Waals surface area contributed by atoms with Gasteiger partial charge in [0.05, 0.1) is 39.6 Å². The number of phenols is 1. The molecular weight excluding hydrogens is 576 g/mol. The van der Waals surface area contributed by atoms with E-state index in [2.05, 4.69) is 0 Å². The van der Waals surface area contributed by atoms with Crippen LogP contribution in [0.2, 0.25) is 0 Å². The molecule has 0 saturated carbocycles. The first-order valence-corrected chi connectivity index (χ1v) is 13.1.